The number of benzene rings is 1. The second-order valence-corrected chi connectivity index (χ2v) is 3.34. The lowest BCUT2D eigenvalue weighted by Crippen LogP contribution is -2.29. The third-order valence-electron chi connectivity index (χ3n) is 2.30. The molecule has 1 N–H and O–H groups in total. The van der Waals surface area contributed by atoms with Gasteiger partial charge in [-0.1, -0.05) is 30.3 Å². The lowest BCUT2D eigenvalue weighted by atomic mass is 10.2. The maximum atomic E-state index is 8.98. The number of ether oxygens (including phenoxy) is 2. The molecule has 2 atom stereocenters. The van der Waals surface area contributed by atoms with E-state index < -0.39 is 0 Å². The van der Waals surface area contributed by atoms with Gasteiger partial charge < -0.3 is 14.6 Å². The van der Waals surface area contributed by atoms with Gasteiger partial charge in [-0.25, -0.2) is 0 Å². The Kier molecular flexibility index (Phi) is 3.14. The molecule has 14 heavy (non-hydrogen) atoms. The Morgan fingerprint density at radius 2 is 2.07 bits per heavy atom. The fraction of sp³-hybridized carbons (Fsp3) is 0.455. The van der Waals surface area contributed by atoms with Crippen molar-refractivity contribution in [3.63, 3.8) is 0 Å². The molecule has 0 saturated carbocycles. The zero-order valence-electron chi connectivity index (χ0n) is 7.93. The zero-order chi connectivity index (χ0) is 9.80. The van der Waals surface area contributed by atoms with Gasteiger partial charge in [0.1, 0.15) is 0 Å². The van der Waals surface area contributed by atoms with E-state index >= 15 is 0 Å². The molecule has 0 bridgehead atoms. The minimum absolute atomic E-state index is 0.0622. The summed E-state index contributed by atoms with van der Waals surface area (Å²) in [7, 11) is 0. The lowest BCUT2D eigenvalue weighted by Gasteiger charge is -2.29. The minimum Gasteiger partial charge on any atom is -0.394 e. The Labute approximate surface area is 83.3 Å². The van der Waals surface area contributed by atoms with E-state index in [1.165, 1.54) is 0 Å². The van der Waals surface area contributed by atoms with Gasteiger partial charge in [-0.3, -0.25) is 0 Å². The lowest BCUT2D eigenvalue weighted by molar-refractivity contribution is -0.224. The highest BCUT2D eigenvalue weighted by Gasteiger charge is 2.23. The van der Waals surface area contributed by atoms with Crippen molar-refractivity contribution >= 4 is 0 Å². The normalized spacial score (nSPS) is 27.5. The van der Waals surface area contributed by atoms with Crippen LogP contribution < -0.4 is 0 Å². The Hall–Kier alpha value is -0.900. The van der Waals surface area contributed by atoms with Crippen LogP contribution in [0.2, 0.25) is 0 Å². The standard InChI is InChI=1S/C11H14O3/c12-8-10-6-7-13-11(14-10)9-4-2-1-3-5-9/h1-5,10-12H,6-8H2/t10-,11?/m1/s1. The average Bonchev–Trinajstić information content (AvgIpc) is 2.30. The highest BCUT2D eigenvalue weighted by Crippen LogP contribution is 2.25. The third-order valence-corrected chi connectivity index (χ3v) is 2.30. The molecule has 1 unspecified atom stereocenters. The van der Waals surface area contributed by atoms with Crippen molar-refractivity contribution in [2.24, 2.45) is 0 Å². The molecule has 0 aliphatic carbocycles. The molecule has 0 aromatic heterocycles. The topological polar surface area (TPSA) is 38.7 Å². The Balaban J connectivity index is 2.04. The Morgan fingerprint density at radius 3 is 2.79 bits per heavy atom. The molecule has 1 heterocycles. The van der Waals surface area contributed by atoms with Crippen LogP contribution >= 0.6 is 0 Å². The molecule has 3 nitrogen and oxygen atoms in total. The van der Waals surface area contributed by atoms with Gasteiger partial charge in [0.25, 0.3) is 0 Å². The monoisotopic (exact) mass is 194 g/mol. The molecule has 1 aromatic carbocycles. The summed E-state index contributed by atoms with van der Waals surface area (Å²) in [6.45, 7) is 0.706. The van der Waals surface area contributed by atoms with Crippen LogP contribution in [0.3, 0.4) is 0 Å². The molecule has 0 amide bonds. The van der Waals surface area contributed by atoms with Crippen LogP contribution in [0, 0.1) is 0 Å². The van der Waals surface area contributed by atoms with Gasteiger partial charge in [0.15, 0.2) is 6.29 Å². The van der Waals surface area contributed by atoms with Gasteiger partial charge in [0.05, 0.1) is 19.3 Å². The largest absolute Gasteiger partial charge is 0.394 e. The van der Waals surface area contributed by atoms with E-state index in [-0.39, 0.29) is 19.0 Å². The molecular formula is C11H14O3. The number of hydrogen-bond acceptors (Lipinski definition) is 3. The quantitative estimate of drug-likeness (QED) is 0.775. The zero-order valence-corrected chi connectivity index (χ0v) is 7.93. The van der Waals surface area contributed by atoms with Crippen LogP contribution in [0.4, 0.5) is 0 Å². The second kappa shape index (κ2) is 4.55. The van der Waals surface area contributed by atoms with Crippen LogP contribution in [0.15, 0.2) is 30.3 Å². The van der Waals surface area contributed by atoms with Crippen molar-refractivity contribution in [2.75, 3.05) is 13.2 Å². The van der Waals surface area contributed by atoms with Crippen molar-refractivity contribution in [2.45, 2.75) is 18.8 Å². The first-order chi connectivity index (χ1) is 6.90. The van der Waals surface area contributed by atoms with Gasteiger partial charge in [-0.05, 0) is 6.42 Å². The number of rotatable bonds is 2. The van der Waals surface area contributed by atoms with Gasteiger partial charge in [0, 0.05) is 5.56 Å². The summed E-state index contributed by atoms with van der Waals surface area (Å²) < 4.78 is 11.0. The van der Waals surface area contributed by atoms with Gasteiger partial charge in [-0.15, -0.1) is 0 Å². The van der Waals surface area contributed by atoms with E-state index in [2.05, 4.69) is 0 Å². The number of aliphatic hydroxyl groups is 1. The predicted octanol–water partition coefficient (Wildman–Crippen LogP) is 1.48. The summed E-state index contributed by atoms with van der Waals surface area (Å²) in [4.78, 5) is 0. The molecule has 1 aliphatic heterocycles. The maximum Gasteiger partial charge on any atom is 0.184 e. The first-order valence-electron chi connectivity index (χ1n) is 4.83. The minimum atomic E-state index is -0.318. The molecule has 3 heteroatoms. The molecule has 0 spiro atoms. The highest BCUT2D eigenvalue weighted by molar-refractivity contribution is 5.16. The van der Waals surface area contributed by atoms with E-state index in [0.29, 0.717) is 6.61 Å². The highest BCUT2D eigenvalue weighted by atomic mass is 16.7. The molecule has 1 aliphatic rings. The third kappa shape index (κ3) is 2.12. The van der Waals surface area contributed by atoms with Crippen LogP contribution in [-0.2, 0) is 9.47 Å². The Bertz CT molecular complexity index is 273. The maximum absolute atomic E-state index is 8.98. The van der Waals surface area contributed by atoms with Crippen molar-refractivity contribution in [3.05, 3.63) is 35.9 Å². The smallest absolute Gasteiger partial charge is 0.184 e. The number of aliphatic hydroxyl groups excluding tert-OH is 1. The molecular weight excluding hydrogens is 180 g/mol. The summed E-state index contributed by atoms with van der Waals surface area (Å²) in [5.74, 6) is 0. The van der Waals surface area contributed by atoms with E-state index in [4.69, 9.17) is 14.6 Å². The summed E-state index contributed by atoms with van der Waals surface area (Å²) in [6.07, 6.45) is 0.357. The molecule has 0 radical (unpaired) electrons. The van der Waals surface area contributed by atoms with E-state index in [1.54, 1.807) is 0 Å². The molecule has 1 fully saturated rings. The summed E-state index contributed by atoms with van der Waals surface area (Å²) >= 11 is 0. The van der Waals surface area contributed by atoms with Crippen molar-refractivity contribution in [3.8, 4) is 0 Å². The van der Waals surface area contributed by atoms with Gasteiger partial charge >= 0.3 is 0 Å². The summed E-state index contributed by atoms with van der Waals surface area (Å²) in [5.41, 5.74) is 1.01. The molecule has 76 valence electrons. The van der Waals surface area contributed by atoms with Crippen molar-refractivity contribution in [1.29, 1.82) is 0 Å². The van der Waals surface area contributed by atoms with Crippen molar-refractivity contribution < 1.29 is 14.6 Å². The van der Waals surface area contributed by atoms with Crippen LogP contribution in [0.25, 0.3) is 0 Å². The fourth-order valence-corrected chi connectivity index (χ4v) is 1.51. The summed E-state index contributed by atoms with van der Waals surface area (Å²) in [6, 6.07) is 9.78. The van der Waals surface area contributed by atoms with E-state index in [9.17, 15) is 0 Å². The van der Waals surface area contributed by atoms with Crippen molar-refractivity contribution in [1.82, 2.24) is 0 Å². The molecule has 1 aromatic rings. The van der Waals surface area contributed by atoms with Crippen LogP contribution in [-0.4, -0.2) is 24.4 Å². The predicted molar refractivity (Wildman–Crippen MR) is 51.7 cm³/mol. The summed E-state index contributed by atoms with van der Waals surface area (Å²) in [5, 5.41) is 8.98. The van der Waals surface area contributed by atoms with Crippen LogP contribution in [0.5, 0.6) is 0 Å². The van der Waals surface area contributed by atoms with E-state index in [1.807, 2.05) is 30.3 Å². The first kappa shape index (κ1) is 9.65. The van der Waals surface area contributed by atoms with Gasteiger partial charge in [0.2, 0.25) is 0 Å². The fourth-order valence-electron chi connectivity index (χ4n) is 1.51. The van der Waals surface area contributed by atoms with Crippen LogP contribution in [0.1, 0.15) is 18.3 Å². The average molecular weight is 194 g/mol. The van der Waals surface area contributed by atoms with Gasteiger partial charge in [-0.2, -0.15) is 0 Å². The molecule has 1 saturated heterocycles. The molecule has 2 rings (SSSR count). The van der Waals surface area contributed by atoms with E-state index in [0.717, 1.165) is 12.0 Å². The SMILES string of the molecule is OC[C@H]1CCOC(c2ccccc2)O1. The first-order valence-corrected chi connectivity index (χ1v) is 4.83. The number of hydrogen-bond donors (Lipinski definition) is 1. The Morgan fingerprint density at radius 1 is 1.29 bits per heavy atom. The second-order valence-electron chi connectivity index (χ2n) is 3.34.